The summed E-state index contributed by atoms with van der Waals surface area (Å²) in [5.74, 6) is -2.79. The van der Waals surface area contributed by atoms with Crippen LogP contribution in [0.15, 0.2) is 35.2 Å². The van der Waals surface area contributed by atoms with Gasteiger partial charge in [0.05, 0.1) is 4.90 Å². The Hall–Kier alpha value is -2.42. The van der Waals surface area contributed by atoms with Gasteiger partial charge in [0.15, 0.2) is 22.1 Å². The van der Waals surface area contributed by atoms with Gasteiger partial charge in [0.2, 0.25) is 0 Å². The van der Waals surface area contributed by atoms with Gasteiger partial charge in [0, 0.05) is 31.2 Å². The van der Waals surface area contributed by atoms with Crippen LogP contribution in [0, 0.1) is 11.6 Å². The summed E-state index contributed by atoms with van der Waals surface area (Å²) in [7, 11) is -3.84. The van der Waals surface area contributed by atoms with Gasteiger partial charge in [-0.1, -0.05) is 6.07 Å². The average molecular weight is 416 g/mol. The van der Waals surface area contributed by atoms with E-state index in [1.54, 1.807) is 0 Å². The molecule has 0 aliphatic heterocycles. The molecular weight excluding hydrogens is 400 g/mol. The van der Waals surface area contributed by atoms with Crippen LogP contribution in [0.3, 0.4) is 0 Å². The van der Waals surface area contributed by atoms with Crippen molar-refractivity contribution in [3.05, 3.63) is 64.2 Å². The highest BCUT2D eigenvalue weighted by molar-refractivity contribution is 7.90. The summed E-state index contributed by atoms with van der Waals surface area (Å²) in [6.07, 6.45) is -4.82. The Bertz CT molecular complexity index is 1030. The number of benzene rings is 2. The average Bonchev–Trinajstić information content (AvgIpc) is 2.87. The molecule has 2 aromatic rings. The molecule has 0 fully saturated rings. The normalized spacial score (nSPS) is 19.9. The van der Waals surface area contributed by atoms with E-state index in [0.29, 0.717) is 6.07 Å². The Morgan fingerprint density at radius 3 is 2.32 bits per heavy atom. The summed E-state index contributed by atoms with van der Waals surface area (Å²) in [5.41, 5.74) is -0.594. The van der Waals surface area contributed by atoms with E-state index in [4.69, 9.17) is 4.74 Å². The number of esters is 1. The van der Waals surface area contributed by atoms with Gasteiger partial charge in [0.1, 0.15) is 17.8 Å². The fourth-order valence-electron chi connectivity index (χ4n) is 3.46. The number of hydrogen-bond acceptors (Lipinski definition) is 4. The molecule has 4 nitrogen and oxygen atoms in total. The minimum absolute atomic E-state index is 0.0128. The second-order valence-corrected chi connectivity index (χ2v) is 8.62. The van der Waals surface area contributed by atoms with Crippen molar-refractivity contribution in [3.8, 4) is 0 Å². The summed E-state index contributed by atoms with van der Waals surface area (Å²) in [5, 5.41) is 0. The standard InChI is InChI=1S/C19H16F4O4S/c1-9(24)27-19-15(22)8-14-13(3-4-16(17(14)19)28(2,25)26)18(23)10-5-11(20)7-12(21)6-10/h3-7,15,18-19H,8H2,1-2H3/t15-,18+,19-/m1/s1. The number of halogens is 4. The molecule has 0 amide bonds. The van der Waals surface area contributed by atoms with Crippen LogP contribution in [-0.2, 0) is 25.8 Å². The van der Waals surface area contributed by atoms with E-state index in [9.17, 15) is 26.4 Å². The van der Waals surface area contributed by atoms with Crippen LogP contribution < -0.4 is 0 Å². The molecule has 0 heterocycles. The summed E-state index contributed by atoms with van der Waals surface area (Å²) in [6.45, 7) is 1.04. The number of rotatable bonds is 4. The summed E-state index contributed by atoms with van der Waals surface area (Å²) in [6, 6.07) is 4.42. The van der Waals surface area contributed by atoms with Crippen molar-refractivity contribution >= 4 is 15.8 Å². The van der Waals surface area contributed by atoms with Crippen LogP contribution in [0.1, 0.15) is 41.5 Å². The zero-order valence-corrected chi connectivity index (χ0v) is 15.7. The van der Waals surface area contributed by atoms with E-state index in [0.717, 1.165) is 37.4 Å². The molecule has 1 aliphatic carbocycles. The predicted molar refractivity (Wildman–Crippen MR) is 92.0 cm³/mol. The first-order chi connectivity index (χ1) is 13.0. The monoisotopic (exact) mass is 416 g/mol. The number of alkyl halides is 2. The first-order valence-corrected chi connectivity index (χ1v) is 10.1. The molecular formula is C19H16F4O4S. The lowest BCUT2D eigenvalue weighted by atomic mass is 9.95. The third-order valence-electron chi connectivity index (χ3n) is 4.51. The number of sulfone groups is 1. The molecule has 9 heteroatoms. The lowest BCUT2D eigenvalue weighted by Crippen LogP contribution is -2.17. The Morgan fingerprint density at radius 2 is 1.79 bits per heavy atom. The maximum absolute atomic E-state index is 15.1. The molecule has 3 rings (SSSR count). The van der Waals surface area contributed by atoms with Crippen molar-refractivity contribution in [2.24, 2.45) is 0 Å². The van der Waals surface area contributed by atoms with Crippen molar-refractivity contribution < 1.29 is 35.5 Å². The maximum Gasteiger partial charge on any atom is 0.303 e. The number of carbonyl (C=O) groups is 1. The summed E-state index contributed by atoms with van der Waals surface area (Å²) < 4.78 is 85.8. The molecule has 0 saturated heterocycles. The molecule has 0 radical (unpaired) electrons. The minimum Gasteiger partial charge on any atom is -0.454 e. The smallest absolute Gasteiger partial charge is 0.303 e. The molecule has 0 spiro atoms. The molecule has 28 heavy (non-hydrogen) atoms. The quantitative estimate of drug-likeness (QED) is 0.560. The number of carbonyl (C=O) groups excluding carboxylic acids is 1. The molecule has 3 atom stereocenters. The predicted octanol–water partition coefficient (Wildman–Crippen LogP) is 3.93. The first kappa shape index (κ1) is 20.3. The van der Waals surface area contributed by atoms with Crippen molar-refractivity contribution in [1.29, 1.82) is 0 Å². The van der Waals surface area contributed by atoms with E-state index in [1.165, 1.54) is 0 Å². The number of ether oxygens (including phenoxy) is 1. The zero-order valence-electron chi connectivity index (χ0n) is 14.9. The van der Waals surface area contributed by atoms with Gasteiger partial charge >= 0.3 is 5.97 Å². The van der Waals surface area contributed by atoms with Gasteiger partial charge in [-0.2, -0.15) is 0 Å². The molecule has 150 valence electrons. The molecule has 0 aromatic heterocycles. The van der Waals surface area contributed by atoms with Gasteiger partial charge in [0.25, 0.3) is 0 Å². The van der Waals surface area contributed by atoms with Crippen LogP contribution in [-0.4, -0.2) is 26.8 Å². The van der Waals surface area contributed by atoms with Crippen molar-refractivity contribution in [3.63, 3.8) is 0 Å². The molecule has 0 saturated carbocycles. The summed E-state index contributed by atoms with van der Waals surface area (Å²) >= 11 is 0. The largest absolute Gasteiger partial charge is 0.454 e. The van der Waals surface area contributed by atoms with Gasteiger partial charge in [-0.15, -0.1) is 0 Å². The van der Waals surface area contributed by atoms with Gasteiger partial charge in [-0.25, -0.2) is 26.0 Å². The molecule has 1 aliphatic rings. The lowest BCUT2D eigenvalue weighted by molar-refractivity contribution is -0.149. The van der Waals surface area contributed by atoms with Crippen LogP contribution in [0.5, 0.6) is 0 Å². The zero-order chi connectivity index (χ0) is 20.8. The number of hydrogen-bond donors (Lipinski definition) is 0. The highest BCUT2D eigenvalue weighted by Gasteiger charge is 2.41. The van der Waals surface area contributed by atoms with Crippen LogP contribution in [0.4, 0.5) is 17.6 Å². The van der Waals surface area contributed by atoms with Crippen LogP contribution >= 0.6 is 0 Å². The molecule has 0 N–H and O–H groups in total. The lowest BCUT2D eigenvalue weighted by Gasteiger charge is -2.19. The Labute approximate surface area is 159 Å². The van der Waals surface area contributed by atoms with Crippen molar-refractivity contribution in [2.45, 2.75) is 36.7 Å². The summed E-state index contributed by atoms with van der Waals surface area (Å²) in [4.78, 5) is 11.1. The first-order valence-electron chi connectivity index (χ1n) is 8.26. The minimum atomic E-state index is -3.84. The maximum atomic E-state index is 15.1. The van der Waals surface area contributed by atoms with E-state index in [1.807, 2.05) is 0 Å². The highest BCUT2D eigenvalue weighted by Crippen LogP contribution is 2.45. The third kappa shape index (κ3) is 3.76. The second-order valence-electron chi connectivity index (χ2n) is 6.63. The topological polar surface area (TPSA) is 60.4 Å². The SMILES string of the molecule is CC(=O)O[C@H]1c2c(S(C)(=O)=O)ccc([C@@H](F)c3cc(F)cc(F)c3)c2C[C@H]1F. The Kier molecular flexibility index (Phi) is 5.22. The van der Waals surface area contributed by atoms with Gasteiger partial charge < -0.3 is 4.74 Å². The number of fused-ring (bicyclic) bond motifs is 1. The molecule has 0 bridgehead atoms. The van der Waals surface area contributed by atoms with E-state index in [-0.39, 0.29) is 27.1 Å². The Morgan fingerprint density at radius 1 is 1.18 bits per heavy atom. The highest BCUT2D eigenvalue weighted by atomic mass is 32.2. The van der Waals surface area contributed by atoms with E-state index in [2.05, 4.69) is 0 Å². The third-order valence-corrected chi connectivity index (χ3v) is 5.66. The van der Waals surface area contributed by atoms with E-state index < -0.39 is 52.3 Å². The molecule has 2 aromatic carbocycles. The fraction of sp³-hybridized carbons (Fsp3) is 0.316. The second kappa shape index (κ2) is 7.20. The fourth-order valence-corrected chi connectivity index (χ4v) is 4.41. The van der Waals surface area contributed by atoms with Crippen molar-refractivity contribution in [1.82, 2.24) is 0 Å². The Balaban J connectivity index is 2.20. The van der Waals surface area contributed by atoms with Gasteiger partial charge in [-0.3, -0.25) is 4.79 Å². The van der Waals surface area contributed by atoms with Crippen LogP contribution in [0.2, 0.25) is 0 Å². The van der Waals surface area contributed by atoms with Crippen molar-refractivity contribution in [2.75, 3.05) is 6.26 Å². The van der Waals surface area contributed by atoms with Gasteiger partial charge in [-0.05, 0) is 34.9 Å². The van der Waals surface area contributed by atoms with E-state index >= 15 is 4.39 Å². The molecule has 0 unspecified atom stereocenters. The van der Waals surface area contributed by atoms with Crippen LogP contribution in [0.25, 0.3) is 0 Å².